The number of carbonyl (C=O) groups excluding carboxylic acids is 2. The van der Waals surface area contributed by atoms with Gasteiger partial charge < -0.3 is 19.3 Å². The van der Waals surface area contributed by atoms with Gasteiger partial charge in [-0.3, -0.25) is 0 Å². The molecule has 9 nitrogen and oxygen atoms in total. The minimum Gasteiger partial charge on any atom is -0.465 e. The Morgan fingerprint density at radius 2 is 1.51 bits per heavy atom. The van der Waals surface area contributed by atoms with Gasteiger partial charge in [0.15, 0.2) is 0 Å². The third-order valence-corrected chi connectivity index (χ3v) is 6.37. The minimum absolute atomic E-state index is 0.0528. The average Bonchev–Trinajstić information content (AvgIpc) is 3.17. The van der Waals surface area contributed by atoms with E-state index in [-0.39, 0.29) is 11.3 Å². The van der Waals surface area contributed by atoms with Gasteiger partial charge in [-0.05, 0) is 81.3 Å². The molecule has 1 aliphatic rings. The topological polar surface area (TPSA) is 89.8 Å². The summed E-state index contributed by atoms with van der Waals surface area (Å²) in [5.41, 5.74) is 6.09. The summed E-state index contributed by atoms with van der Waals surface area (Å²) in [6, 6.07) is 10.0. The lowest BCUT2D eigenvalue weighted by molar-refractivity contribution is -0.139. The Hall–Kier alpha value is -4.40. The Bertz CT molecular complexity index is 1450. The summed E-state index contributed by atoms with van der Waals surface area (Å²) in [5, 5.41) is 9.46. The number of rotatable bonds is 7. The van der Waals surface area contributed by atoms with Crippen molar-refractivity contribution in [2.75, 3.05) is 37.1 Å². The molecule has 1 aliphatic heterocycles. The number of aryl methyl sites for hydroxylation is 2. The van der Waals surface area contributed by atoms with E-state index in [1.807, 2.05) is 32.0 Å². The summed E-state index contributed by atoms with van der Waals surface area (Å²) >= 11 is 0. The van der Waals surface area contributed by atoms with Crippen LogP contribution in [-0.2, 0) is 19.1 Å². The fourth-order valence-corrected chi connectivity index (χ4v) is 4.42. The molecule has 1 aromatic heterocycles. The van der Waals surface area contributed by atoms with E-state index in [2.05, 4.69) is 30.9 Å². The molecule has 0 spiro atoms. The fraction of sp³-hybridized carbons (Fsp3) is 0.286. The molecule has 0 fully saturated rings. The molecule has 37 heavy (non-hydrogen) atoms. The van der Waals surface area contributed by atoms with Gasteiger partial charge in [-0.2, -0.15) is 4.80 Å². The zero-order chi connectivity index (χ0) is 26.7. The maximum absolute atomic E-state index is 12.8. The molecule has 9 heteroatoms. The normalized spacial score (nSPS) is 13.2. The average molecular weight is 502 g/mol. The highest BCUT2D eigenvalue weighted by molar-refractivity contribution is 6.05. The smallest absolute Gasteiger partial charge is 0.355 e. The first-order valence-electron chi connectivity index (χ1n) is 12.1. The van der Waals surface area contributed by atoms with Crippen LogP contribution in [0.3, 0.4) is 0 Å². The molecular weight excluding hydrogens is 470 g/mol. The quantitative estimate of drug-likeness (QED) is 0.441. The molecule has 0 bridgehead atoms. The van der Waals surface area contributed by atoms with E-state index >= 15 is 0 Å². The number of esters is 2. The van der Waals surface area contributed by atoms with Gasteiger partial charge in [0.2, 0.25) is 0 Å². The number of allylic oxidation sites excluding steroid dienone is 2. The third kappa shape index (κ3) is 4.84. The summed E-state index contributed by atoms with van der Waals surface area (Å²) in [5.74, 6) is -1.30. The monoisotopic (exact) mass is 501 g/mol. The highest BCUT2D eigenvalue weighted by Crippen LogP contribution is 2.32. The number of fused-ring (bicyclic) bond motifs is 1. The van der Waals surface area contributed by atoms with E-state index in [1.54, 1.807) is 28.0 Å². The van der Waals surface area contributed by atoms with Gasteiger partial charge in [-0.25, -0.2) is 9.59 Å². The van der Waals surface area contributed by atoms with E-state index in [0.29, 0.717) is 16.7 Å². The van der Waals surface area contributed by atoms with Crippen LogP contribution in [0, 0.1) is 13.8 Å². The molecule has 3 aromatic rings. The molecular formula is C28H31N5O4. The molecule has 0 unspecified atom stereocenters. The highest BCUT2D eigenvalue weighted by Gasteiger charge is 2.28. The molecule has 0 saturated heterocycles. The van der Waals surface area contributed by atoms with Crippen molar-refractivity contribution in [2.45, 2.75) is 27.7 Å². The second-order valence-electron chi connectivity index (χ2n) is 8.58. The number of nitrogens with zero attached hydrogens (tertiary/aromatic N) is 5. The van der Waals surface area contributed by atoms with Crippen LogP contribution in [0.4, 0.5) is 11.4 Å². The van der Waals surface area contributed by atoms with Crippen molar-refractivity contribution < 1.29 is 19.1 Å². The SMILES string of the molecule is CCN(CC)c1ccc(-n2nc3cc(C)c(N4C=CC=CC(C(=O)OC)=C4C(=O)OC)cc3n2)c(C)c1. The van der Waals surface area contributed by atoms with Gasteiger partial charge >= 0.3 is 11.9 Å². The van der Waals surface area contributed by atoms with Crippen molar-refractivity contribution >= 4 is 34.3 Å². The molecule has 0 amide bonds. The van der Waals surface area contributed by atoms with Gasteiger partial charge in [-0.1, -0.05) is 6.08 Å². The summed E-state index contributed by atoms with van der Waals surface area (Å²) in [6.45, 7) is 10.1. The largest absolute Gasteiger partial charge is 0.465 e. The number of hydrogen-bond donors (Lipinski definition) is 0. The van der Waals surface area contributed by atoms with Gasteiger partial charge in [-0.15, -0.1) is 10.2 Å². The molecule has 4 rings (SSSR count). The first kappa shape index (κ1) is 25.7. The number of methoxy groups -OCH3 is 2. The number of hydrogen-bond acceptors (Lipinski definition) is 8. The van der Waals surface area contributed by atoms with E-state index in [9.17, 15) is 9.59 Å². The molecule has 0 N–H and O–H groups in total. The van der Waals surface area contributed by atoms with Crippen molar-refractivity contribution in [3.05, 3.63) is 77.2 Å². The molecule has 2 heterocycles. The zero-order valence-electron chi connectivity index (χ0n) is 22.0. The summed E-state index contributed by atoms with van der Waals surface area (Å²) in [4.78, 5) is 30.9. The van der Waals surface area contributed by atoms with Gasteiger partial charge in [0.25, 0.3) is 0 Å². The van der Waals surface area contributed by atoms with Gasteiger partial charge in [0.05, 0.1) is 31.2 Å². The maximum Gasteiger partial charge on any atom is 0.355 e. The number of carbonyl (C=O) groups is 2. The van der Waals surface area contributed by atoms with Crippen LogP contribution >= 0.6 is 0 Å². The lowest BCUT2D eigenvalue weighted by Crippen LogP contribution is -2.27. The van der Waals surface area contributed by atoms with E-state index in [1.165, 1.54) is 20.3 Å². The number of benzene rings is 2. The zero-order valence-corrected chi connectivity index (χ0v) is 22.0. The Kier molecular flexibility index (Phi) is 7.42. The summed E-state index contributed by atoms with van der Waals surface area (Å²) in [6.07, 6.45) is 6.64. The Morgan fingerprint density at radius 1 is 0.865 bits per heavy atom. The van der Waals surface area contributed by atoms with Crippen LogP contribution in [-0.4, -0.2) is 54.2 Å². The van der Waals surface area contributed by atoms with E-state index < -0.39 is 11.9 Å². The van der Waals surface area contributed by atoms with Gasteiger partial charge in [0, 0.05) is 25.0 Å². The third-order valence-electron chi connectivity index (χ3n) is 6.37. The first-order valence-corrected chi connectivity index (χ1v) is 12.1. The van der Waals surface area contributed by atoms with Crippen LogP contribution in [0.15, 0.2) is 66.0 Å². The molecule has 0 atom stereocenters. The molecule has 0 aliphatic carbocycles. The van der Waals surface area contributed by atoms with Crippen LogP contribution in [0.1, 0.15) is 25.0 Å². The Labute approximate surface area is 216 Å². The van der Waals surface area contributed by atoms with Crippen molar-refractivity contribution in [3.63, 3.8) is 0 Å². The fourth-order valence-electron chi connectivity index (χ4n) is 4.42. The molecule has 2 aromatic carbocycles. The maximum atomic E-state index is 12.8. The van der Waals surface area contributed by atoms with Gasteiger partial charge in [0.1, 0.15) is 16.7 Å². The lowest BCUT2D eigenvalue weighted by Gasteiger charge is -2.24. The predicted octanol–water partition coefficient (Wildman–Crippen LogP) is 4.37. The second kappa shape index (κ2) is 10.7. The number of aromatic nitrogens is 3. The highest BCUT2D eigenvalue weighted by atomic mass is 16.5. The standard InChI is InChI=1S/C28H31N5O4/c1-7-31(8-2)20-12-13-24(18(3)15-20)33-29-22-16-19(4)25(17-23(22)30-33)32-14-10-9-11-21(27(34)36-5)26(32)28(35)37-6/h9-17H,7-8H2,1-6H3. The Morgan fingerprint density at radius 3 is 2.14 bits per heavy atom. The van der Waals surface area contributed by atoms with E-state index in [0.717, 1.165) is 35.6 Å². The van der Waals surface area contributed by atoms with Crippen molar-refractivity contribution in [2.24, 2.45) is 0 Å². The van der Waals surface area contributed by atoms with Crippen LogP contribution < -0.4 is 9.80 Å². The second-order valence-corrected chi connectivity index (χ2v) is 8.58. The summed E-state index contributed by atoms with van der Waals surface area (Å²) in [7, 11) is 2.54. The summed E-state index contributed by atoms with van der Waals surface area (Å²) < 4.78 is 9.93. The van der Waals surface area contributed by atoms with Crippen molar-refractivity contribution in [3.8, 4) is 5.69 Å². The molecule has 192 valence electrons. The predicted molar refractivity (Wildman–Crippen MR) is 144 cm³/mol. The molecule has 0 radical (unpaired) electrons. The number of ether oxygens (including phenoxy) is 2. The molecule has 0 saturated carbocycles. The van der Waals surface area contributed by atoms with Crippen LogP contribution in [0.5, 0.6) is 0 Å². The van der Waals surface area contributed by atoms with Crippen LogP contribution in [0.25, 0.3) is 16.7 Å². The van der Waals surface area contributed by atoms with E-state index in [4.69, 9.17) is 19.7 Å². The lowest BCUT2D eigenvalue weighted by atomic mass is 10.1. The van der Waals surface area contributed by atoms with Crippen molar-refractivity contribution in [1.29, 1.82) is 0 Å². The minimum atomic E-state index is -0.663. The number of anilines is 2. The first-order chi connectivity index (χ1) is 17.8. The Balaban J connectivity index is 1.81. The van der Waals surface area contributed by atoms with Crippen molar-refractivity contribution in [1.82, 2.24) is 15.0 Å². The van der Waals surface area contributed by atoms with Crippen LogP contribution in [0.2, 0.25) is 0 Å².